The number of rotatable bonds is 4. The summed E-state index contributed by atoms with van der Waals surface area (Å²) in [7, 11) is 1.87. The van der Waals surface area contributed by atoms with Crippen LogP contribution in [0.2, 0.25) is 0 Å². The summed E-state index contributed by atoms with van der Waals surface area (Å²) in [5.74, 6) is 0.933. The molecule has 0 spiro atoms. The molecule has 4 heteroatoms. The zero-order valence-corrected chi connectivity index (χ0v) is 11.8. The second-order valence-electron chi connectivity index (χ2n) is 5.03. The molecule has 1 aliphatic rings. The number of carbonyl (C=O) groups is 1. The van der Waals surface area contributed by atoms with Crippen molar-refractivity contribution in [2.24, 2.45) is 5.92 Å². The van der Waals surface area contributed by atoms with Gasteiger partial charge in [-0.15, -0.1) is 12.4 Å². The minimum Gasteiger partial charge on any atom is -0.399 e. The van der Waals surface area contributed by atoms with Gasteiger partial charge in [0, 0.05) is 24.8 Å². The molecule has 0 bridgehead atoms. The van der Waals surface area contributed by atoms with Gasteiger partial charge >= 0.3 is 0 Å². The van der Waals surface area contributed by atoms with E-state index >= 15 is 0 Å². The Bertz CT molecular complexity index is 430. The first-order valence-electron chi connectivity index (χ1n) is 6.19. The molecule has 2 rings (SSSR count). The summed E-state index contributed by atoms with van der Waals surface area (Å²) >= 11 is 0. The average molecular weight is 269 g/mol. The molecular weight excluding hydrogens is 248 g/mol. The van der Waals surface area contributed by atoms with E-state index in [0.717, 1.165) is 30.0 Å². The lowest BCUT2D eigenvalue weighted by Gasteiger charge is -2.18. The lowest BCUT2D eigenvalue weighted by Crippen LogP contribution is -2.28. The van der Waals surface area contributed by atoms with Crippen molar-refractivity contribution in [1.29, 1.82) is 0 Å². The van der Waals surface area contributed by atoms with Gasteiger partial charge in [-0.25, -0.2) is 0 Å². The van der Waals surface area contributed by atoms with Gasteiger partial charge in [-0.05, 0) is 37.0 Å². The number of aryl methyl sites for hydroxylation is 1. The number of nitrogens with zero attached hydrogens (tertiary/aromatic N) is 1. The summed E-state index contributed by atoms with van der Waals surface area (Å²) in [4.78, 5) is 14.0. The summed E-state index contributed by atoms with van der Waals surface area (Å²) in [6.45, 7) is 2.79. The summed E-state index contributed by atoms with van der Waals surface area (Å²) in [6.07, 6.45) is 3.79. The maximum atomic E-state index is 12.2. The van der Waals surface area contributed by atoms with Gasteiger partial charge in [0.2, 0.25) is 0 Å². The van der Waals surface area contributed by atoms with Crippen molar-refractivity contribution < 1.29 is 4.79 Å². The molecule has 0 heterocycles. The number of hydrogen-bond acceptors (Lipinski definition) is 2. The molecule has 2 N–H and O–H groups in total. The van der Waals surface area contributed by atoms with E-state index in [2.05, 4.69) is 0 Å². The number of halogens is 1. The largest absolute Gasteiger partial charge is 0.399 e. The molecule has 18 heavy (non-hydrogen) atoms. The molecule has 0 radical (unpaired) electrons. The van der Waals surface area contributed by atoms with E-state index in [1.807, 2.05) is 26.1 Å². The Kier molecular flexibility index (Phi) is 5.03. The van der Waals surface area contributed by atoms with Crippen LogP contribution in [0.25, 0.3) is 0 Å². The van der Waals surface area contributed by atoms with Gasteiger partial charge in [-0.2, -0.15) is 0 Å². The van der Waals surface area contributed by atoms with E-state index in [-0.39, 0.29) is 18.3 Å². The van der Waals surface area contributed by atoms with E-state index in [1.165, 1.54) is 12.8 Å². The van der Waals surface area contributed by atoms with Crippen molar-refractivity contribution in [1.82, 2.24) is 4.90 Å². The van der Waals surface area contributed by atoms with Crippen LogP contribution in [0.4, 0.5) is 5.69 Å². The van der Waals surface area contributed by atoms with Crippen molar-refractivity contribution in [2.45, 2.75) is 26.2 Å². The van der Waals surface area contributed by atoms with E-state index in [0.29, 0.717) is 5.69 Å². The minimum absolute atomic E-state index is 0. The Morgan fingerprint density at radius 1 is 1.44 bits per heavy atom. The normalized spacial score (nSPS) is 13.9. The van der Waals surface area contributed by atoms with E-state index < -0.39 is 0 Å². The number of hydrogen-bond donors (Lipinski definition) is 1. The highest BCUT2D eigenvalue weighted by Gasteiger charge is 2.22. The van der Waals surface area contributed by atoms with Crippen LogP contribution in [0.1, 0.15) is 35.2 Å². The molecule has 1 aromatic rings. The number of nitrogen functional groups attached to an aromatic ring is 1. The molecule has 1 amide bonds. The highest BCUT2D eigenvalue weighted by atomic mass is 35.5. The molecule has 1 aliphatic carbocycles. The Hall–Kier alpha value is -1.22. The maximum Gasteiger partial charge on any atom is 0.253 e. The van der Waals surface area contributed by atoms with Crippen LogP contribution in [0, 0.1) is 12.8 Å². The predicted octanol–water partition coefficient (Wildman–Crippen LogP) is 2.87. The summed E-state index contributed by atoms with van der Waals surface area (Å²) < 4.78 is 0. The van der Waals surface area contributed by atoms with E-state index in [1.54, 1.807) is 11.0 Å². The van der Waals surface area contributed by atoms with Gasteiger partial charge in [0.05, 0.1) is 0 Å². The van der Waals surface area contributed by atoms with E-state index in [9.17, 15) is 4.79 Å². The zero-order chi connectivity index (χ0) is 12.4. The van der Waals surface area contributed by atoms with Crippen molar-refractivity contribution in [3.05, 3.63) is 29.3 Å². The van der Waals surface area contributed by atoms with Crippen LogP contribution in [-0.4, -0.2) is 24.4 Å². The van der Waals surface area contributed by atoms with Crippen molar-refractivity contribution in [3.8, 4) is 0 Å². The third-order valence-electron chi connectivity index (χ3n) is 3.41. The Labute approximate surface area is 115 Å². The molecule has 1 fully saturated rings. The second kappa shape index (κ2) is 6.10. The zero-order valence-electron chi connectivity index (χ0n) is 11.0. The number of nitrogens with two attached hydrogens (primary N) is 1. The summed E-state index contributed by atoms with van der Waals surface area (Å²) in [5, 5.41) is 0. The molecule has 0 aromatic heterocycles. The third kappa shape index (κ3) is 3.64. The molecule has 100 valence electrons. The number of benzene rings is 1. The Morgan fingerprint density at radius 2 is 2.11 bits per heavy atom. The van der Waals surface area contributed by atoms with Gasteiger partial charge in [0.1, 0.15) is 0 Å². The minimum atomic E-state index is 0. The lowest BCUT2D eigenvalue weighted by atomic mass is 10.1. The first-order valence-corrected chi connectivity index (χ1v) is 6.19. The molecule has 0 aliphatic heterocycles. The quantitative estimate of drug-likeness (QED) is 0.854. The topological polar surface area (TPSA) is 46.3 Å². The van der Waals surface area contributed by atoms with Crippen molar-refractivity contribution >= 4 is 24.0 Å². The maximum absolute atomic E-state index is 12.2. The molecule has 1 saturated carbocycles. The lowest BCUT2D eigenvalue weighted by molar-refractivity contribution is 0.0791. The van der Waals surface area contributed by atoms with Gasteiger partial charge in [-0.1, -0.05) is 18.9 Å². The molecule has 0 saturated heterocycles. The number of anilines is 1. The van der Waals surface area contributed by atoms with Gasteiger partial charge < -0.3 is 10.6 Å². The molecule has 0 unspecified atom stereocenters. The van der Waals surface area contributed by atoms with Gasteiger partial charge in [-0.3, -0.25) is 4.79 Å². The third-order valence-corrected chi connectivity index (χ3v) is 3.41. The monoisotopic (exact) mass is 268 g/mol. The standard InChI is InChI=1S/C14H20N2O.ClH/c1-10-3-6-12(15)9-13(10)14(17)16(2)8-7-11-4-5-11;/h3,6,9,11H,4-5,7-8,15H2,1-2H3;1H. The Morgan fingerprint density at radius 3 is 2.72 bits per heavy atom. The fourth-order valence-electron chi connectivity index (χ4n) is 1.96. The van der Waals surface area contributed by atoms with Gasteiger partial charge in [0.15, 0.2) is 0 Å². The van der Waals surface area contributed by atoms with Crippen LogP contribution in [-0.2, 0) is 0 Å². The van der Waals surface area contributed by atoms with Crippen LogP contribution >= 0.6 is 12.4 Å². The van der Waals surface area contributed by atoms with Crippen LogP contribution in [0.5, 0.6) is 0 Å². The average Bonchev–Trinajstić information content (AvgIpc) is 3.12. The highest BCUT2D eigenvalue weighted by Crippen LogP contribution is 2.32. The van der Waals surface area contributed by atoms with Crippen LogP contribution < -0.4 is 5.73 Å². The molecular formula is C14H21ClN2O. The summed E-state index contributed by atoms with van der Waals surface area (Å²) in [5.41, 5.74) is 8.09. The van der Waals surface area contributed by atoms with Crippen LogP contribution in [0.3, 0.4) is 0 Å². The summed E-state index contributed by atoms with van der Waals surface area (Å²) in [6, 6.07) is 5.50. The molecule has 0 atom stereocenters. The van der Waals surface area contributed by atoms with E-state index in [4.69, 9.17) is 5.73 Å². The molecule has 1 aromatic carbocycles. The van der Waals surface area contributed by atoms with Crippen LogP contribution in [0.15, 0.2) is 18.2 Å². The number of carbonyl (C=O) groups excluding carboxylic acids is 1. The first-order chi connectivity index (χ1) is 8.08. The molecule has 3 nitrogen and oxygen atoms in total. The van der Waals surface area contributed by atoms with Crippen molar-refractivity contribution in [3.63, 3.8) is 0 Å². The highest BCUT2D eigenvalue weighted by molar-refractivity contribution is 5.96. The fourth-order valence-corrected chi connectivity index (χ4v) is 1.96. The Balaban J connectivity index is 0.00000162. The SMILES string of the molecule is Cc1ccc(N)cc1C(=O)N(C)CCC1CC1.Cl. The smallest absolute Gasteiger partial charge is 0.253 e. The predicted molar refractivity (Wildman–Crippen MR) is 77.1 cm³/mol. The first kappa shape index (κ1) is 14.8. The second-order valence-corrected chi connectivity index (χ2v) is 5.03. The fraction of sp³-hybridized carbons (Fsp3) is 0.500. The number of amides is 1. The van der Waals surface area contributed by atoms with Crippen molar-refractivity contribution in [2.75, 3.05) is 19.3 Å². The van der Waals surface area contributed by atoms with Gasteiger partial charge in [0.25, 0.3) is 5.91 Å².